The van der Waals surface area contributed by atoms with Crippen LogP contribution in [0.2, 0.25) is 5.02 Å². The lowest BCUT2D eigenvalue weighted by Gasteiger charge is -2.05. The summed E-state index contributed by atoms with van der Waals surface area (Å²) in [5.41, 5.74) is 0.509. The van der Waals surface area contributed by atoms with Crippen LogP contribution >= 0.6 is 23.4 Å². The monoisotopic (exact) mass is 290 g/mol. The number of carbonyl (C=O) groups is 1. The van der Waals surface area contributed by atoms with Gasteiger partial charge in [0.25, 0.3) is 0 Å². The van der Waals surface area contributed by atoms with Crippen LogP contribution in [0.4, 0.5) is 0 Å². The molecule has 0 aliphatic carbocycles. The predicted octanol–water partition coefficient (Wildman–Crippen LogP) is 3.46. The van der Waals surface area contributed by atoms with Crippen LogP contribution < -0.4 is 0 Å². The van der Waals surface area contributed by atoms with Crippen molar-refractivity contribution in [3.05, 3.63) is 52.7 Å². The number of nitrogens with zero attached hydrogens (tertiary/aromatic N) is 2. The first-order valence-corrected chi connectivity index (χ1v) is 6.37. The Morgan fingerprint density at radius 1 is 1.42 bits per heavy atom. The Morgan fingerprint density at radius 3 is 2.89 bits per heavy atom. The largest absolute Gasteiger partial charge is 0.478 e. The summed E-state index contributed by atoms with van der Waals surface area (Å²) in [5, 5.41) is 18.8. The van der Waals surface area contributed by atoms with Gasteiger partial charge in [0, 0.05) is 11.1 Å². The molecule has 2 rings (SSSR count). The van der Waals surface area contributed by atoms with Crippen molar-refractivity contribution in [3.63, 3.8) is 0 Å². The second-order valence-electron chi connectivity index (χ2n) is 3.51. The van der Waals surface area contributed by atoms with Gasteiger partial charge in [0.15, 0.2) is 0 Å². The maximum Gasteiger partial charge on any atom is 0.335 e. The molecule has 2 aromatic rings. The van der Waals surface area contributed by atoms with Crippen molar-refractivity contribution in [2.75, 3.05) is 0 Å². The summed E-state index contributed by atoms with van der Waals surface area (Å²) in [6.07, 6.45) is 1.42. The molecule has 4 nitrogen and oxygen atoms in total. The van der Waals surface area contributed by atoms with Gasteiger partial charge in [-0.15, -0.1) is 0 Å². The number of carboxylic acid groups (broad SMARTS) is 1. The molecule has 0 aliphatic heterocycles. The number of carboxylic acids is 1. The van der Waals surface area contributed by atoms with E-state index < -0.39 is 5.97 Å². The number of aromatic carboxylic acids is 1. The Kier molecular flexibility index (Phi) is 4.05. The van der Waals surface area contributed by atoms with E-state index in [4.69, 9.17) is 22.0 Å². The van der Waals surface area contributed by atoms with Crippen LogP contribution in [-0.4, -0.2) is 16.1 Å². The lowest BCUT2D eigenvalue weighted by atomic mass is 10.2. The molecule has 1 aromatic heterocycles. The normalized spacial score (nSPS) is 9.89. The van der Waals surface area contributed by atoms with E-state index in [-0.39, 0.29) is 5.56 Å². The molecule has 0 aliphatic rings. The second kappa shape index (κ2) is 5.74. The molecule has 0 saturated carbocycles. The van der Waals surface area contributed by atoms with Gasteiger partial charge in [-0.25, -0.2) is 9.78 Å². The average molecular weight is 291 g/mol. The molecule has 1 N–H and O–H groups in total. The predicted molar refractivity (Wildman–Crippen MR) is 71.5 cm³/mol. The molecule has 6 heteroatoms. The average Bonchev–Trinajstić information content (AvgIpc) is 2.39. The Morgan fingerprint density at radius 2 is 2.21 bits per heavy atom. The van der Waals surface area contributed by atoms with Crippen LogP contribution in [0, 0.1) is 11.3 Å². The van der Waals surface area contributed by atoms with Crippen LogP contribution in [0.5, 0.6) is 0 Å². The van der Waals surface area contributed by atoms with Gasteiger partial charge in [-0.2, -0.15) is 5.26 Å². The highest BCUT2D eigenvalue weighted by Gasteiger charge is 2.10. The van der Waals surface area contributed by atoms with E-state index in [1.807, 2.05) is 6.07 Å². The molecule has 1 heterocycles. The number of hydrogen-bond acceptors (Lipinski definition) is 4. The highest BCUT2D eigenvalue weighted by molar-refractivity contribution is 7.99. The third-order valence-corrected chi connectivity index (χ3v) is 3.59. The molecule has 0 spiro atoms. The van der Waals surface area contributed by atoms with Gasteiger partial charge in [-0.1, -0.05) is 29.4 Å². The molecule has 0 amide bonds. The van der Waals surface area contributed by atoms with E-state index in [9.17, 15) is 4.79 Å². The lowest BCUT2D eigenvalue weighted by Crippen LogP contribution is -1.96. The summed E-state index contributed by atoms with van der Waals surface area (Å²) < 4.78 is 0. The number of aromatic nitrogens is 1. The van der Waals surface area contributed by atoms with E-state index in [1.54, 1.807) is 18.2 Å². The summed E-state index contributed by atoms with van der Waals surface area (Å²) in [4.78, 5) is 15.6. The van der Waals surface area contributed by atoms with Crippen molar-refractivity contribution in [2.24, 2.45) is 0 Å². The molecule has 0 atom stereocenters. The smallest absolute Gasteiger partial charge is 0.335 e. The van der Waals surface area contributed by atoms with Crippen molar-refractivity contribution in [2.45, 2.75) is 9.92 Å². The molecule has 0 radical (unpaired) electrons. The maximum absolute atomic E-state index is 10.9. The Labute approximate surface area is 118 Å². The van der Waals surface area contributed by atoms with Crippen LogP contribution in [0.1, 0.15) is 15.9 Å². The zero-order valence-electron chi connectivity index (χ0n) is 9.50. The molecule has 1 aromatic carbocycles. The molecule has 0 unspecified atom stereocenters. The van der Waals surface area contributed by atoms with Crippen molar-refractivity contribution < 1.29 is 9.90 Å². The second-order valence-corrected chi connectivity index (χ2v) is 4.98. The summed E-state index contributed by atoms with van der Waals surface area (Å²) in [7, 11) is 0. The van der Waals surface area contributed by atoms with E-state index in [0.717, 1.165) is 0 Å². The molecular formula is C13H7ClN2O2S. The number of nitriles is 1. The lowest BCUT2D eigenvalue weighted by molar-refractivity contribution is 0.0696. The van der Waals surface area contributed by atoms with Crippen molar-refractivity contribution >= 4 is 29.3 Å². The molecule has 0 bridgehead atoms. The van der Waals surface area contributed by atoms with Gasteiger partial charge >= 0.3 is 5.97 Å². The third-order valence-electron chi connectivity index (χ3n) is 2.28. The van der Waals surface area contributed by atoms with Crippen LogP contribution in [0.15, 0.2) is 46.5 Å². The van der Waals surface area contributed by atoms with Gasteiger partial charge in [0.1, 0.15) is 11.1 Å². The first kappa shape index (κ1) is 13.4. The van der Waals surface area contributed by atoms with Crippen LogP contribution in [-0.2, 0) is 0 Å². The fourth-order valence-electron chi connectivity index (χ4n) is 1.41. The summed E-state index contributed by atoms with van der Waals surface area (Å²) in [5.74, 6) is -1.02. The number of rotatable bonds is 3. The van der Waals surface area contributed by atoms with E-state index in [1.165, 1.54) is 30.1 Å². The minimum absolute atomic E-state index is 0.151. The number of benzene rings is 1. The van der Waals surface area contributed by atoms with Gasteiger partial charge in [-0.3, -0.25) is 0 Å². The minimum Gasteiger partial charge on any atom is -0.478 e. The highest BCUT2D eigenvalue weighted by atomic mass is 35.5. The van der Waals surface area contributed by atoms with Crippen molar-refractivity contribution in [1.29, 1.82) is 5.26 Å². The van der Waals surface area contributed by atoms with E-state index in [0.29, 0.717) is 20.5 Å². The molecule has 0 saturated heterocycles. The number of halogens is 1. The third kappa shape index (κ3) is 3.05. The van der Waals surface area contributed by atoms with E-state index in [2.05, 4.69) is 4.98 Å². The van der Waals surface area contributed by atoms with Gasteiger partial charge in [-0.05, 0) is 24.3 Å². The quantitative estimate of drug-likeness (QED) is 0.937. The summed E-state index contributed by atoms with van der Waals surface area (Å²) in [6, 6.07) is 9.99. The minimum atomic E-state index is -1.02. The Hall–Kier alpha value is -2.03. The van der Waals surface area contributed by atoms with Crippen LogP contribution in [0.3, 0.4) is 0 Å². The van der Waals surface area contributed by atoms with Crippen LogP contribution in [0.25, 0.3) is 0 Å². The Balaban J connectivity index is 2.37. The van der Waals surface area contributed by atoms with Crippen molar-refractivity contribution in [3.8, 4) is 6.07 Å². The zero-order valence-corrected chi connectivity index (χ0v) is 11.1. The van der Waals surface area contributed by atoms with Gasteiger partial charge in [0.2, 0.25) is 0 Å². The maximum atomic E-state index is 10.9. The first-order valence-electron chi connectivity index (χ1n) is 5.17. The number of hydrogen-bond donors (Lipinski definition) is 1. The van der Waals surface area contributed by atoms with Gasteiger partial charge < -0.3 is 5.11 Å². The zero-order chi connectivity index (χ0) is 13.8. The molecular weight excluding hydrogens is 284 g/mol. The molecule has 0 fully saturated rings. The van der Waals surface area contributed by atoms with Gasteiger partial charge in [0.05, 0.1) is 16.1 Å². The Bertz CT molecular complexity index is 683. The first-order chi connectivity index (χ1) is 9.11. The summed E-state index contributed by atoms with van der Waals surface area (Å²) in [6.45, 7) is 0. The van der Waals surface area contributed by atoms with Crippen molar-refractivity contribution in [1.82, 2.24) is 4.98 Å². The number of pyridine rings is 1. The summed E-state index contributed by atoms with van der Waals surface area (Å²) >= 11 is 7.13. The standard InChI is InChI=1S/C13H7ClN2O2S/c14-10-2-1-3-11(9(10)7-15)19-12-6-8(13(17)18)4-5-16-12/h1-6H,(H,17,18). The fraction of sp³-hybridized carbons (Fsp3) is 0. The van der Waals surface area contributed by atoms with E-state index >= 15 is 0 Å². The fourth-order valence-corrected chi connectivity index (χ4v) is 2.61. The molecule has 94 valence electrons. The highest BCUT2D eigenvalue weighted by Crippen LogP contribution is 2.32. The SMILES string of the molecule is N#Cc1c(Cl)cccc1Sc1cc(C(=O)O)ccn1. The molecule has 19 heavy (non-hydrogen) atoms. The topological polar surface area (TPSA) is 74.0 Å².